The summed E-state index contributed by atoms with van der Waals surface area (Å²) in [6.45, 7) is 9.87. The molecule has 0 radical (unpaired) electrons. The number of thiazole rings is 1. The molecule has 0 saturated carbocycles. The van der Waals surface area contributed by atoms with Gasteiger partial charge in [-0.2, -0.15) is 0 Å². The minimum absolute atomic E-state index is 0.627. The average molecular weight is 253 g/mol. The zero-order chi connectivity index (χ0) is 12.3. The molecule has 1 aromatic heterocycles. The lowest BCUT2D eigenvalue weighted by atomic mass is 9.93. The van der Waals surface area contributed by atoms with Gasteiger partial charge in [0.2, 0.25) is 0 Å². The largest absolute Gasteiger partial charge is 0.345 e. The van der Waals surface area contributed by atoms with Crippen molar-refractivity contribution in [3.8, 4) is 0 Å². The minimum Gasteiger partial charge on any atom is -0.345 e. The van der Waals surface area contributed by atoms with E-state index in [2.05, 4.69) is 36.4 Å². The molecular formula is C13H23N3S. The molecule has 2 rings (SSSR count). The van der Waals surface area contributed by atoms with Gasteiger partial charge in [0.05, 0.1) is 5.69 Å². The van der Waals surface area contributed by atoms with E-state index in [1.54, 1.807) is 11.3 Å². The lowest BCUT2D eigenvalue weighted by Gasteiger charge is -2.37. The van der Waals surface area contributed by atoms with Crippen molar-refractivity contribution in [3.05, 3.63) is 11.1 Å². The van der Waals surface area contributed by atoms with Gasteiger partial charge in [0.25, 0.3) is 0 Å². The first kappa shape index (κ1) is 12.8. The highest BCUT2D eigenvalue weighted by Gasteiger charge is 2.26. The molecule has 3 nitrogen and oxygen atoms in total. The van der Waals surface area contributed by atoms with E-state index in [4.69, 9.17) is 4.98 Å². The molecule has 0 aliphatic carbocycles. The van der Waals surface area contributed by atoms with Crippen LogP contribution in [0.25, 0.3) is 0 Å². The summed E-state index contributed by atoms with van der Waals surface area (Å²) in [6.07, 6.45) is 2.65. The first-order valence-corrected chi connectivity index (χ1v) is 7.52. The molecule has 1 N–H and O–H groups in total. The monoisotopic (exact) mass is 253 g/mol. The van der Waals surface area contributed by atoms with Crippen LogP contribution in [0.3, 0.4) is 0 Å². The van der Waals surface area contributed by atoms with Crippen LogP contribution in [0.1, 0.15) is 39.3 Å². The van der Waals surface area contributed by atoms with Gasteiger partial charge in [0.1, 0.15) is 0 Å². The predicted molar refractivity (Wildman–Crippen MR) is 74.7 cm³/mol. The van der Waals surface area contributed by atoms with E-state index in [1.807, 2.05) is 0 Å². The topological polar surface area (TPSA) is 28.2 Å². The number of hydrogen-bond donors (Lipinski definition) is 1. The number of aromatic nitrogens is 1. The predicted octanol–water partition coefficient (Wildman–Crippen LogP) is 2.88. The Balaban J connectivity index is 2.03. The van der Waals surface area contributed by atoms with Gasteiger partial charge >= 0.3 is 0 Å². The van der Waals surface area contributed by atoms with Crippen LogP contribution in [-0.2, 0) is 6.54 Å². The van der Waals surface area contributed by atoms with Crippen LogP contribution < -0.4 is 10.2 Å². The maximum Gasteiger partial charge on any atom is 0.185 e. The van der Waals surface area contributed by atoms with Crippen LogP contribution in [0.4, 0.5) is 5.13 Å². The smallest absolute Gasteiger partial charge is 0.185 e. The number of nitrogens with zero attached hydrogens (tertiary/aromatic N) is 2. The second kappa shape index (κ2) is 5.83. The van der Waals surface area contributed by atoms with E-state index >= 15 is 0 Å². The van der Waals surface area contributed by atoms with Crippen molar-refractivity contribution in [2.24, 2.45) is 5.92 Å². The van der Waals surface area contributed by atoms with Gasteiger partial charge in [-0.25, -0.2) is 4.98 Å². The molecule has 0 bridgehead atoms. The number of nitrogens with one attached hydrogen (secondary N) is 1. The highest BCUT2D eigenvalue weighted by Crippen LogP contribution is 2.30. The van der Waals surface area contributed by atoms with Crippen molar-refractivity contribution in [2.45, 2.75) is 46.2 Å². The molecule has 0 aromatic carbocycles. The zero-order valence-electron chi connectivity index (χ0n) is 11.1. The molecule has 1 aromatic rings. The van der Waals surface area contributed by atoms with E-state index in [9.17, 15) is 0 Å². The number of piperidine rings is 1. The third-order valence-corrected chi connectivity index (χ3v) is 4.64. The molecule has 17 heavy (non-hydrogen) atoms. The Labute approximate surface area is 108 Å². The van der Waals surface area contributed by atoms with E-state index in [1.165, 1.54) is 30.2 Å². The summed E-state index contributed by atoms with van der Waals surface area (Å²) in [6, 6.07) is 0.627. The lowest BCUT2D eigenvalue weighted by molar-refractivity contribution is 0.363. The van der Waals surface area contributed by atoms with E-state index in [-0.39, 0.29) is 0 Å². The van der Waals surface area contributed by atoms with Crippen molar-refractivity contribution in [3.63, 3.8) is 0 Å². The van der Waals surface area contributed by atoms with Crippen LogP contribution in [-0.4, -0.2) is 24.1 Å². The fourth-order valence-corrected chi connectivity index (χ4v) is 3.31. The van der Waals surface area contributed by atoms with Crippen LogP contribution in [0.2, 0.25) is 0 Å². The van der Waals surface area contributed by atoms with Crippen LogP contribution in [0.5, 0.6) is 0 Å². The molecule has 1 aliphatic heterocycles. The van der Waals surface area contributed by atoms with Gasteiger partial charge < -0.3 is 10.2 Å². The van der Waals surface area contributed by atoms with Crippen LogP contribution in [0.15, 0.2) is 5.38 Å². The molecule has 2 atom stereocenters. The van der Waals surface area contributed by atoms with Crippen molar-refractivity contribution in [1.82, 2.24) is 10.3 Å². The van der Waals surface area contributed by atoms with E-state index < -0.39 is 0 Å². The molecule has 0 spiro atoms. The van der Waals surface area contributed by atoms with Gasteiger partial charge in [-0.1, -0.05) is 13.8 Å². The first-order valence-electron chi connectivity index (χ1n) is 6.64. The molecular weight excluding hydrogens is 230 g/mol. The van der Waals surface area contributed by atoms with Gasteiger partial charge in [-0.05, 0) is 32.2 Å². The number of hydrogen-bond acceptors (Lipinski definition) is 4. The Hall–Kier alpha value is -0.610. The Morgan fingerprint density at radius 3 is 3.12 bits per heavy atom. The molecule has 1 saturated heterocycles. The number of rotatable bonds is 4. The SMILES string of the molecule is CCNCc1csc(N2CCCC(C)C2C)n1. The van der Waals surface area contributed by atoms with Gasteiger partial charge in [-0.3, -0.25) is 0 Å². The summed E-state index contributed by atoms with van der Waals surface area (Å²) in [5.41, 5.74) is 1.18. The Morgan fingerprint density at radius 2 is 2.35 bits per heavy atom. The fraction of sp³-hybridized carbons (Fsp3) is 0.769. The molecule has 1 aliphatic rings. The van der Waals surface area contributed by atoms with Gasteiger partial charge in [0, 0.05) is 24.5 Å². The maximum atomic E-state index is 4.74. The van der Waals surface area contributed by atoms with Crippen LogP contribution >= 0.6 is 11.3 Å². The Bertz CT molecular complexity index is 350. The van der Waals surface area contributed by atoms with Crippen LogP contribution in [0, 0.1) is 5.92 Å². The maximum absolute atomic E-state index is 4.74. The second-order valence-corrected chi connectivity index (χ2v) is 5.79. The summed E-state index contributed by atoms with van der Waals surface area (Å²) < 4.78 is 0. The van der Waals surface area contributed by atoms with Crippen molar-refractivity contribution >= 4 is 16.5 Å². The lowest BCUT2D eigenvalue weighted by Crippen LogP contribution is -2.42. The summed E-state index contributed by atoms with van der Waals surface area (Å²) in [7, 11) is 0. The summed E-state index contributed by atoms with van der Waals surface area (Å²) in [5, 5.41) is 6.72. The van der Waals surface area contributed by atoms with E-state index in [0.717, 1.165) is 19.0 Å². The highest BCUT2D eigenvalue weighted by molar-refractivity contribution is 7.13. The standard InChI is InChI=1S/C13H23N3S/c1-4-14-8-12-9-17-13(15-12)16-7-5-6-10(2)11(16)3/h9-11,14H,4-8H2,1-3H3. The highest BCUT2D eigenvalue weighted by atomic mass is 32.1. The Morgan fingerprint density at radius 1 is 1.53 bits per heavy atom. The summed E-state index contributed by atoms with van der Waals surface area (Å²) in [4.78, 5) is 7.22. The van der Waals surface area contributed by atoms with Crippen molar-refractivity contribution in [2.75, 3.05) is 18.0 Å². The fourth-order valence-electron chi connectivity index (χ4n) is 2.37. The average Bonchev–Trinajstić information content (AvgIpc) is 2.78. The minimum atomic E-state index is 0.627. The third kappa shape index (κ3) is 2.99. The van der Waals surface area contributed by atoms with Gasteiger partial charge in [-0.15, -0.1) is 11.3 Å². The van der Waals surface area contributed by atoms with Crippen molar-refractivity contribution < 1.29 is 0 Å². The van der Waals surface area contributed by atoms with Crippen molar-refractivity contribution in [1.29, 1.82) is 0 Å². The molecule has 0 amide bonds. The molecule has 2 unspecified atom stereocenters. The molecule has 1 fully saturated rings. The second-order valence-electron chi connectivity index (χ2n) is 4.96. The molecule has 2 heterocycles. The quantitative estimate of drug-likeness (QED) is 0.894. The zero-order valence-corrected chi connectivity index (χ0v) is 11.9. The number of anilines is 1. The molecule has 4 heteroatoms. The summed E-state index contributed by atoms with van der Waals surface area (Å²) in [5.74, 6) is 0.782. The Kier molecular flexibility index (Phi) is 4.40. The summed E-state index contributed by atoms with van der Waals surface area (Å²) >= 11 is 1.79. The molecule has 96 valence electrons. The van der Waals surface area contributed by atoms with E-state index in [0.29, 0.717) is 6.04 Å². The third-order valence-electron chi connectivity index (χ3n) is 3.72. The normalized spacial score (nSPS) is 25.2. The first-order chi connectivity index (χ1) is 8.22. The van der Waals surface area contributed by atoms with Gasteiger partial charge in [0.15, 0.2) is 5.13 Å².